The van der Waals surface area contributed by atoms with Crippen LogP contribution in [-0.2, 0) is 19.1 Å². The summed E-state index contributed by atoms with van der Waals surface area (Å²) in [4.78, 5) is 39.1. The molecule has 1 saturated carbocycles. The van der Waals surface area contributed by atoms with Gasteiger partial charge in [0, 0.05) is 17.0 Å². The smallest absolute Gasteiger partial charge is 0.234 e. The molecule has 2 amide bonds. The Morgan fingerprint density at radius 2 is 1.86 bits per heavy atom. The van der Waals surface area contributed by atoms with Gasteiger partial charge in [-0.3, -0.25) is 19.3 Å². The van der Waals surface area contributed by atoms with Crippen LogP contribution in [0, 0.1) is 17.8 Å². The molecule has 6 heteroatoms. The molecule has 2 aliphatic carbocycles. The number of rotatable bonds is 0. The van der Waals surface area contributed by atoms with Gasteiger partial charge in [-0.05, 0) is 27.2 Å². The van der Waals surface area contributed by atoms with Crippen molar-refractivity contribution in [3.8, 4) is 0 Å². The van der Waals surface area contributed by atoms with Gasteiger partial charge in [-0.1, -0.05) is 6.08 Å². The third-order valence-corrected chi connectivity index (χ3v) is 5.26. The zero-order chi connectivity index (χ0) is 16.0. The van der Waals surface area contributed by atoms with Crippen LogP contribution in [0.15, 0.2) is 11.6 Å². The Morgan fingerprint density at radius 3 is 2.50 bits per heavy atom. The highest BCUT2D eigenvalue weighted by Crippen LogP contribution is 2.51. The molecule has 0 bridgehead atoms. The number of ether oxygens (including phenoxy) is 1. The van der Waals surface area contributed by atoms with Crippen LogP contribution in [0.25, 0.3) is 0 Å². The SMILES string of the molecule is CC(C)(C)N1C(=O)[C@@H]2[C@H]3C(=CC[C@H]2C1=O)C(=O)[C@H]1O[C@H]1[C@H]3O. The molecule has 22 heavy (non-hydrogen) atoms. The molecule has 2 heterocycles. The number of likely N-dealkylation sites (tertiary alicyclic amines) is 1. The summed E-state index contributed by atoms with van der Waals surface area (Å²) in [7, 11) is 0. The zero-order valence-corrected chi connectivity index (χ0v) is 12.8. The number of fused-ring (bicyclic) bond motifs is 4. The van der Waals surface area contributed by atoms with E-state index in [2.05, 4.69) is 0 Å². The zero-order valence-electron chi connectivity index (χ0n) is 12.8. The lowest BCUT2D eigenvalue weighted by atomic mass is 9.66. The van der Waals surface area contributed by atoms with Gasteiger partial charge in [0.05, 0.1) is 17.9 Å². The molecule has 0 aromatic carbocycles. The van der Waals surface area contributed by atoms with Crippen LogP contribution in [0.4, 0.5) is 0 Å². The van der Waals surface area contributed by atoms with Crippen molar-refractivity contribution in [3.05, 3.63) is 11.6 Å². The summed E-state index contributed by atoms with van der Waals surface area (Å²) < 4.78 is 5.25. The van der Waals surface area contributed by atoms with E-state index in [0.717, 1.165) is 0 Å². The Morgan fingerprint density at radius 1 is 1.18 bits per heavy atom. The van der Waals surface area contributed by atoms with Gasteiger partial charge in [-0.25, -0.2) is 0 Å². The molecule has 0 aromatic rings. The highest BCUT2D eigenvalue weighted by molar-refractivity contribution is 6.09. The van der Waals surface area contributed by atoms with Gasteiger partial charge in [0.2, 0.25) is 11.8 Å². The van der Waals surface area contributed by atoms with Crippen molar-refractivity contribution < 1.29 is 24.2 Å². The van der Waals surface area contributed by atoms with Crippen LogP contribution >= 0.6 is 0 Å². The molecule has 6 nitrogen and oxygen atoms in total. The monoisotopic (exact) mass is 305 g/mol. The fraction of sp³-hybridized carbons (Fsp3) is 0.688. The fourth-order valence-electron chi connectivity index (χ4n) is 4.27. The number of carbonyl (C=O) groups is 3. The van der Waals surface area contributed by atoms with Crippen LogP contribution in [0.3, 0.4) is 0 Å². The molecule has 0 radical (unpaired) electrons. The van der Waals surface area contributed by atoms with Crippen molar-refractivity contribution in [2.45, 2.75) is 51.0 Å². The van der Waals surface area contributed by atoms with E-state index < -0.39 is 41.6 Å². The summed E-state index contributed by atoms with van der Waals surface area (Å²) in [5, 5.41) is 10.5. The molecule has 3 fully saturated rings. The van der Waals surface area contributed by atoms with E-state index >= 15 is 0 Å². The molecule has 4 aliphatic rings. The average molecular weight is 305 g/mol. The van der Waals surface area contributed by atoms with Crippen molar-refractivity contribution in [3.63, 3.8) is 0 Å². The van der Waals surface area contributed by atoms with Gasteiger partial charge in [-0.15, -0.1) is 0 Å². The highest BCUT2D eigenvalue weighted by Gasteiger charge is 2.65. The van der Waals surface area contributed by atoms with E-state index in [4.69, 9.17) is 4.74 Å². The Labute approximate surface area is 128 Å². The maximum atomic E-state index is 12.8. The minimum atomic E-state index is -0.890. The van der Waals surface area contributed by atoms with Crippen LogP contribution < -0.4 is 0 Å². The van der Waals surface area contributed by atoms with E-state index in [1.54, 1.807) is 6.08 Å². The Balaban J connectivity index is 1.77. The second kappa shape index (κ2) is 4.06. The molecule has 2 aliphatic heterocycles. The molecule has 4 rings (SSSR count). The maximum absolute atomic E-state index is 12.8. The number of imide groups is 1. The van der Waals surface area contributed by atoms with Crippen LogP contribution in [0.1, 0.15) is 27.2 Å². The maximum Gasteiger partial charge on any atom is 0.234 e. The van der Waals surface area contributed by atoms with Crippen molar-refractivity contribution >= 4 is 17.6 Å². The molecule has 0 spiro atoms. The first-order valence-corrected chi connectivity index (χ1v) is 7.69. The van der Waals surface area contributed by atoms with Gasteiger partial charge in [0.15, 0.2) is 5.78 Å². The summed E-state index contributed by atoms with van der Waals surface area (Å²) in [6.45, 7) is 5.45. The normalized spacial score (nSPS) is 43.5. The number of aliphatic hydroxyl groups is 1. The van der Waals surface area contributed by atoms with Gasteiger partial charge < -0.3 is 9.84 Å². The minimum Gasteiger partial charge on any atom is -0.390 e. The minimum absolute atomic E-state index is 0.131. The van der Waals surface area contributed by atoms with Crippen molar-refractivity contribution in [1.29, 1.82) is 0 Å². The molecule has 1 N–H and O–H groups in total. The molecular weight excluding hydrogens is 286 g/mol. The van der Waals surface area contributed by atoms with Crippen molar-refractivity contribution in [1.82, 2.24) is 4.90 Å². The number of Topliss-reactive ketones (excluding diaryl/α,β-unsaturated/α-hetero) is 1. The number of hydrogen-bond donors (Lipinski definition) is 1. The van der Waals surface area contributed by atoms with Gasteiger partial charge in [0.25, 0.3) is 0 Å². The lowest BCUT2D eigenvalue weighted by Crippen LogP contribution is -2.49. The topological polar surface area (TPSA) is 87.2 Å². The van der Waals surface area contributed by atoms with Gasteiger partial charge in [-0.2, -0.15) is 0 Å². The van der Waals surface area contributed by atoms with Gasteiger partial charge >= 0.3 is 0 Å². The number of aliphatic hydroxyl groups excluding tert-OH is 1. The third-order valence-electron chi connectivity index (χ3n) is 5.26. The molecule has 6 atom stereocenters. The second-order valence-corrected chi connectivity index (χ2v) is 7.61. The number of nitrogens with zero attached hydrogens (tertiary/aromatic N) is 1. The molecule has 2 saturated heterocycles. The number of epoxide rings is 1. The quantitative estimate of drug-likeness (QED) is 0.504. The molecule has 0 aromatic heterocycles. The third kappa shape index (κ3) is 1.59. The first kappa shape index (κ1) is 14.1. The van der Waals surface area contributed by atoms with E-state index in [9.17, 15) is 19.5 Å². The lowest BCUT2D eigenvalue weighted by Gasteiger charge is -2.36. The lowest BCUT2D eigenvalue weighted by molar-refractivity contribution is -0.145. The van der Waals surface area contributed by atoms with Crippen LogP contribution in [0.2, 0.25) is 0 Å². The summed E-state index contributed by atoms with van der Waals surface area (Å²) in [6, 6.07) is 0. The predicted octanol–water partition coefficient (Wildman–Crippen LogP) is 0.0434. The Hall–Kier alpha value is -1.53. The largest absolute Gasteiger partial charge is 0.390 e. The van der Waals surface area contributed by atoms with E-state index in [1.807, 2.05) is 20.8 Å². The summed E-state index contributed by atoms with van der Waals surface area (Å²) in [5.74, 6) is -2.33. The highest BCUT2D eigenvalue weighted by atomic mass is 16.6. The first-order valence-electron chi connectivity index (χ1n) is 7.69. The number of hydrogen-bond acceptors (Lipinski definition) is 5. The van der Waals surface area contributed by atoms with Crippen molar-refractivity contribution in [2.24, 2.45) is 17.8 Å². The van der Waals surface area contributed by atoms with Crippen LogP contribution in [0.5, 0.6) is 0 Å². The standard InChI is InChI=1S/C16H19NO5/c1-16(2,3)17-14(20)7-5-4-6-8(9(7)15(17)21)11(19)13-12(22-13)10(6)18/h4,7-9,11-13,19H,5H2,1-3H3/t7-,8-,9+,11+,12-,13+/m1/s1. The van der Waals surface area contributed by atoms with Crippen LogP contribution in [-0.4, -0.2) is 51.5 Å². The number of carbonyl (C=O) groups excluding carboxylic acids is 3. The summed E-state index contributed by atoms with van der Waals surface area (Å²) in [5.41, 5.74) is -0.127. The Kier molecular flexibility index (Phi) is 2.60. The average Bonchev–Trinajstić information content (AvgIpc) is 3.18. The van der Waals surface area contributed by atoms with E-state index in [1.165, 1.54) is 4.90 Å². The predicted molar refractivity (Wildman–Crippen MR) is 74.5 cm³/mol. The Bertz CT molecular complexity index is 631. The molecule has 118 valence electrons. The van der Waals surface area contributed by atoms with Crippen molar-refractivity contribution in [2.75, 3.05) is 0 Å². The number of allylic oxidation sites excluding steroid dienone is 1. The van der Waals surface area contributed by atoms with Gasteiger partial charge in [0.1, 0.15) is 12.2 Å². The first-order chi connectivity index (χ1) is 10.2. The summed E-state index contributed by atoms with van der Waals surface area (Å²) >= 11 is 0. The summed E-state index contributed by atoms with van der Waals surface area (Å²) in [6.07, 6.45) is 0.147. The van der Waals surface area contributed by atoms with E-state index in [0.29, 0.717) is 12.0 Å². The molecular formula is C16H19NO5. The number of ketones is 1. The van der Waals surface area contributed by atoms with E-state index in [-0.39, 0.29) is 17.6 Å². The fourth-order valence-corrected chi connectivity index (χ4v) is 4.27. The number of amides is 2. The molecule has 0 unspecified atom stereocenters. The second-order valence-electron chi connectivity index (χ2n) is 7.61.